The second kappa shape index (κ2) is 6.12. The second-order valence-electron chi connectivity index (χ2n) is 5.62. The van der Waals surface area contributed by atoms with Gasteiger partial charge in [0.25, 0.3) is 0 Å². The molecule has 0 bridgehead atoms. The van der Waals surface area contributed by atoms with Crippen molar-refractivity contribution >= 4 is 11.6 Å². The molecule has 7 heteroatoms. The van der Waals surface area contributed by atoms with Crippen LogP contribution in [0, 0.1) is 13.8 Å². The van der Waals surface area contributed by atoms with E-state index in [4.69, 9.17) is 4.42 Å². The molecule has 0 fully saturated rings. The van der Waals surface area contributed by atoms with Gasteiger partial charge in [-0.1, -0.05) is 13.8 Å². The number of nitrogens with one attached hydrogen (secondary N) is 1. The molecule has 0 aliphatic heterocycles. The Morgan fingerprint density at radius 2 is 1.91 bits per heavy atom. The lowest BCUT2D eigenvalue weighted by Crippen LogP contribution is -2.02. The van der Waals surface area contributed by atoms with Crippen molar-refractivity contribution in [2.24, 2.45) is 0 Å². The molecule has 1 N–H and O–H groups in total. The van der Waals surface area contributed by atoms with Gasteiger partial charge in [0.1, 0.15) is 17.5 Å². The van der Waals surface area contributed by atoms with Crippen molar-refractivity contribution in [1.82, 2.24) is 25.1 Å². The van der Waals surface area contributed by atoms with Crippen LogP contribution in [0.15, 0.2) is 29.1 Å². The predicted molar refractivity (Wildman–Crippen MR) is 86.4 cm³/mol. The van der Waals surface area contributed by atoms with Crippen LogP contribution in [0.4, 0.5) is 11.6 Å². The maximum atomic E-state index is 5.30. The molecule has 3 aromatic rings. The number of aryl methyl sites for hydroxylation is 2. The van der Waals surface area contributed by atoms with E-state index in [1.165, 1.54) is 6.39 Å². The topological polar surface area (TPSA) is 89.6 Å². The molecule has 3 rings (SSSR count). The van der Waals surface area contributed by atoms with E-state index in [1.54, 1.807) is 6.20 Å². The van der Waals surface area contributed by atoms with Gasteiger partial charge in [-0.25, -0.2) is 15.0 Å². The zero-order valence-corrected chi connectivity index (χ0v) is 13.5. The SMILES string of the molecule is Cc1cc(Nc2cc(C(C)C)c(-c3nnco3)cn2)nc(C)n1. The zero-order chi connectivity index (χ0) is 16.4. The molecule has 23 heavy (non-hydrogen) atoms. The van der Waals surface area contributed by atoms with Gasteiger partial charge >= 0.3 is 0 Å². The first kappa shape index (κ1) is 15.1. The Kier molecular flexibility index (Phi) is 4.01. The summed E-state index contributed by atoms with van der Waals surface area (Å²) in [5, 5.41) is 10.9. The van der Waals surface area contributed by atoms with Crippen LogP contribution < -0.4 is 5.32 Å². The van der Waals surface area contributed by atoms with Crippen LogP contribution in [0.2, 0.25) is 0 Å². The maximum Gasteiger partial charge on any atom is 0.249 e. The lowest BCUT2D eigenvalue weighted by atomic mass is 9.99. The van der Waals surface area contributed by atoms with Crippen molar-refractivity contribution in [1.29, 1.82) is 0 Å². The Labute approximate surface area is 134 Å². The summed E-state index contributed by atoms with van der Waals surface area (Å²) in [6.45, 7) is 8.02. The number of hydrogen-bond acceptors (Lipinski definition) is 7. The highest BCUT2D eigenvalue weighted by molar-refractivity contribution is 5.63. The fourth-order valence-corrected chi connectivity index (χ4v) is 2.40. The molecule has 0 atom stereocenters. The molecule has 7 nitrogen and oxygen atoms in total. The van der Waals surface area contributed by atoms with Gasteiger partial charge in [0.2, 0.25) is 12.3 Å². The van der Waals surface area contributed by atoms with E-state index in [0.29, 0.717) is 5.89 Å². The van der Waals surface area contributed by atoms with Gasteiger partial charge in [0.05, 0.1) is 5.56 Å². The summed E-state index contributed by atoms with van der Waals surface area (Å²) in [7, 11) is 0. The molecule has 0 aliphatic carbocycles. The third kappa shape index (κ3) is 3.33. The molecule has 0 radical (unpaired) electrons. The van der Waals surface area contributed by atoms with Crippen LogP contribution in [0.3, 0.4) is 0 Å². The van der Waals surface area contributed by atoms with Crippen molar-refractivity contribution < 1.29 is 4.42 Å². The van der Waals surface area contributed by atoms with Gasteiger partial charge in [0, 0.05) is 18.0 Å². The smallest absolute Gasteiger partial charge is 0.249 e. The van der Waals surface area contributed by atoms with E-state index < -0.39 is 0 Å². The minimum absolute atomic E-state index is 0.286. The van der Waals surface area contributed by atoms with Gasteiger partial charge in [-0.05, 0) is 31.4 Å². The third-order valence-corrected chi connectivity index (χ3v) is 3.37. The van der Waals surface area contributed by atoms with E-state index in [0.717, 1.165) is 34.3 Å². The van der Waals surface area contributed by atoms with Gasteiger partial charge in [0.15, 0.2) is 0 Å². The minimum atomic E-state index is 0.286. The average Bonchev–Trinajstić information content (AvgIpc) is 3.00. The Balaban J connectivity index is 1.96. The summed E-state index contributed by atoms with van der Waals surface area (Å²) >= 11 is 0. The van der Waals surface area contributed by atoms with Crippen LogP contribution in [-0.2, 0) is 0 Å². The molecule has 0 saturated carbocycles. The lowest BCUT2D eigenvalue weighted by molar-refractivity contribution is 0.567. The van der Waals surface area contributed by atoms with Crippen molar-refractivity contribution in [3.05, 3.63) is 41.8 Å². The predicted octanol–water partition coefficient (Wildman–Crippen LogP) is 3.41. The minimum Gasteiger partial charge on any atom is -0.423 e. The number of pyridine rings is 1. The Morgan fingerprint density at radius 3 is 2.57 bits per heavy atom. The fourth-order valence-electron chi connectivity index (χ4n) is 2.40. The molecule has 3 heterocycles. The van der Waals surface area contributed by atoms with Crippen molar-refractivity contribution in [3.8, 4) is 11.5 Å². The van der Waals surface area contributed by atoms with Crippen molar-refractivity contribution in [2.45, 2.75) is 33.6 Å². The van der Waals surface area contributed by atoms with E-state index in [9.17, 15) is 0 Å². The van der Waals surface area contributed by atoms with E-state index in [-0.39, 0.29) is 5.92 Å². The Bertz CT molecular complexity index is 793. The largest absolute Gasteiger partial charge is 0.423 e. The van der Waals surface area contributed by atoms with E-state index >= 15 is 0 Å². The number of aromatic nitrogens is 5. The average molecular weight is 310 g/mol. The Hall–Kier alpha value is -2.83. The number of hydrogen-bond donors (Lipinski definition) is 1. The van der Waals surface area contributed by atoms with Crippen LogP contribution in [0.25, 0.3) is 11.5 Å². The van der Waals surface area contributed by atoms with Crippen LogP contribution >= 0.6 is 0 Å². The van der Waals surface area contributed by atoms with E-state index in [2.05, 4.69) is 44.3 Å². The Morgan fingerprint density at radius 1 is 1.09 bits per heavy atom. The number of anilines is 2. The third-order valence-electron chi connectivity index (χ3n) is 3.37. The number of nitrogens with zero attached hydrogens (tertiary/aromatic N) is 5. The fraction of sp³-hybridized carbons (Fsp3) is 0.312. The second-order valence-corrected chi connectivity index (χ2v) is 5.62. The van der Waals surface area contributed by atoms with Gasteiger partial charge < -0.3 is 9.73 Å². The highest BCUT2D eigenvalue weighted by atomic mass is 16.4. The van der Waals surface area contributed by atoms with Gasteiger partial charge in [-0.3, -0.25) is 0 Å². The van der Waals surface area contributed by atoms with Crippen molar-refractivity contribution in [2.75, 3.05) is 5.32 Å². The molecule has 0 spiro atoms. The summed E-state index contributed by atoms with van der Waals surface area (Å²) < 4.78 is 5.30. The van der Waals surface area contributed by atoms with Gasteiger partial charge in [-0.15, -0.1) is 10.2 Å². The summed E-state index contributed by atoms with van der Waals surface area (Å²) in [5.41, 5.74) is 2.83. The summed E-state index contributed by atoms with van der Waals surface area (Å²) in [6, 6.07) is 3.87. The molecule has 3 aromatic heterocycles. The first-order valence-electron chi connectivity index (χ1n) is 7.38. The molecule has 0 saturated heterocycles. The highest BCUT2D eigenvalue weighted by Gasteiger charge is 2.15. The molecule has 118 valence electrons. The standard InChI is InChI=1S/C16H18N6O/c1-9(2)12-6-14(17-7-13(12)16-22-18-8-23-16)21-15-5-10(3)19-11(4)20-15/h5-9H,1-4H3,(H,17,19,20,21). The first-order valence-corrected chi connectivity index (χ1v) is 7.38. The highest BCUT2D eigenvalue weighted by Crippen LogP contribution is 2.29. The quantitative estimate of drug-likeness (QED) is 0.789. The molecule has 0 unspecified atom stereocenters. The first-order chi connectivity index (χ1) is 11.0. The van der Waals surface area contributed by atoms with E-state index in [1.807, 2.05) is 26.0 Å². The zero-order valence-electron chi connectivity index (χ0n) is 13.5. The van der Waals surface area contributed by atoms with Crippen molar-refractivity contribution in [3.63, 3.8) is 0 Å². The van der Waals surface area contributed by atoms with Crippen LogP contribution in [0.5, 0.6) is 0 Å². The van der Waals surface area contributed by atoms with Crippen LogP contribution in [0.1, 0.15) is 36.8 Å². The molecular formula is C16H18N6O. The molecular weight excluding hydrogens is 292 g/mol. The molecule has 0 aromatic carbocycles. The molecule has 0 aliphatic rings. The molecule has 0 amide bonds. The summed E-state index contributed by atoms with van der Waals surface area (Å²) in [5.74, 6) is 2.92. The summed E-state index contributed by atoms with van der Waals surface area (Å²) in [6.07, 6.45) is 3.06. The normalized spacial score (nSPS) is 11.0. The maximum absolute atomic E-state index is 5.30. The monoisotopic (exact) mass is 310 g/mol. The number of rotatable bonds is 4. The van der Waals surface area contributed by atoms with Crippen LogP contribution in [-0.4, -0.2) is 25.1 Å². The van der Waals surface area contributed by atoms with Gasteiger partial charge in [-0.2, -0.15) is 0 Å². The summed E-state index contributed by atoms with van der Waals surface area (Å²) in [4.78, 5) is 13.1. The lowest BCUT2D eigenvalue weighted by Gasteiger charge is -2.13.